The minimum Gasteiger partial charge on any atom is -0.465 e. The van der Waals surface area contributed by atoms with Gasteiger partial charge in [-0.25, -0.2) is 4.79 Å². The molecular formula is C12H16N4O2S. The zero-order valence-electron chi connectivity index (χ0n) is 10.7. The SMILES string of the molecule is CC1Cc2nn3c(c2CN1C(=O)O)C(=S)NCCC3. The van der Waals surface area contributed by atoms with Crippen molar-refractivity contribution >= 4 is 23.3 Å². The highest BCUT2D eigenvalue weighted by molar-refractivity contribution is 7.80. The Morgan fingerprint density at radius 3 is 3.11 bits per heavy atom. The van der Waals surface area contributed by atoms with Gasteiger partial charge in [-0.2, -0.15) is 5.10 Å². The molecule has 0 fully saturated rings. The first kappa shape index (κ1) is 12.4. The highest BCUT2D eigenvalue weighted by Gasteiger charge is 2.33. The minimum absolute atomic E-state index is 0.0364. The molecule has 1 atom stereocenters. The lowest BCUT2D eigenvalue weighted by Crippen LogP contribution is -2.42. The molecule has 2 aliphatic heterocycles. The fourth-order valence-electron chi connectivity index (χ4n) is 2.78. The summed E-state index contributed by atoms with van der Waals surface area (Å²) in [6.45, 7) is 3.97. The quantitative estimate of drug-likeness (QED) is 0.693. The van der Waals surface area contributed by atoms with E-state index in [4.69, 9.17) is 12.2 Å². The van der Waals surface area contributed by atoms with Gasteiger partial charge in [0.2, 0.25) is 0 Å². The summed E-state index contributed by atoms with van der Waals surface area (Å²) in [5.41, 5.74) is 2.87. The summed E-state index contributed by atoms with van der Waals surface area (Å²) in [5, 5.41) is 17.1. The molecule has 1 aromatic heterocycles. The predicted octanol–water partition coefficient (Wildman–Crippen LogP) is 0.977. The molecule has 0 bridgehead atoms. The van der Waals surface area contributed by atoms with Crippen molar-refractivity contribution in [1.82, 2.24) is 20.0 Å². The lowest BCUT2D eigenvalue weighted by molar-refractivity contribution is 0.119. The molecule has 7 heteroatoms. The molecule has 0 spiro atoms. The van der Waals surface area contributed by atoms with Crippen molar-refractivity contribution in [2.45, 2.75) is 38.9 Å². The van der Waals surface area contributed by atoms with Crippen LogP contribution in [0, 0.1) is 0 Å². The third-order valence-electron chi connectivity index (χ3n) is 3.78. The van der Waals surface area contributed by atoms with Crippen molar-refractivity contribution in [2.75, 3.05) is 6.54 Å². The van der Waals surface area contributed by atoms with E-state index in [1.54, 1.807) is 0 Å². The van der Waals surface area contributed by atoms with Crippen LogP contribution in [0.2, 0.25) is 0 Å². The van der Waals surface area contributed by atoms with Crippen LogP contribution < -0.4 is 5.32 Å². The van der Waals surface area contributed by atoms with E-state index >= 15 is 0 Å². The Morgan fingerprint density at radius 2 is 2.37 bits per heavy atom. The van der Waals surface area contributed by atoms with Crippen LogP contribution in [0.5, 0.6) is 0 Å². The zero-order valence-corrected chi connectivity index (χ0v) is 11.5. The molecule has 0 radical (unpaired) electrons. The zero-order chi connectivity index (χ0) is 13.6. The molecule has 0 saturated carbocycles. The fourth-order valence-corrected chi connectivity index (χ4v) is 3.11. The second-order valence-electron chi connectivity index (χ2n) is 5.07. The Labute approximate surface area is 116 Å². The number of fused-ring (bicyclic) bond motifs is 3. The molecule has 102 valence electrons. The molecule has 0 aromatic carbocycles. The molecule has 3 heterocycles. The van der Waals surface area contributed by atoms with Gasteiger partial charge in [0, 0.05) is 31.1 Å². The number of amides is 1. The van der Waals surface area contributed by atoms with E-state index in [0.29, 0.717) is 18.0 Å². The monoisotopic (exact) mass is 280 g/mol. The number of carboxylic acid groups (broad SMARTS) is 1. The summed E-state index contributed by atoms with van der Waals surface area (Å²) in [4.78, 5) is 13.4. The average molecular weight is 280 g/mol. The minimum atomic E-state index is -0.884. The van der Waals surface area contributed by atoms with Gasteiger partial charge in [-0.1, -0.05) is 12.2 Å². The Kier molecular flexibility index (Phi) is 2.93. The predicted molar refractivity (Wildman–Crippen MR) is 73.3 cm³/mol. The van der Waals surface area contributed by atoms with Crippen molar-refractivity contribution in [3.8, 4) is 0 Å². The summed E-state index contributed by atoms with van der Waals surface area (Å²) in [7, 11) is 0. The molecule has 2 N–H and O–H groups in total. The maximum atomic E-state index is 11.3. The van der Waals surface area contributed by atoms with E-state index in [1.165, 1.54) is 4.90 Å². The normalized spacial score (nSPS) is 22.3. The Hall–Kier alpha value is -1.63. The van der Waals surface area contributed by atoms with Crippen molar-refractivity contribution in [3.63, 3.8) is 0 Å². The molecule has 1 aromatic rings. The molecular weight excluding hydrogens is 264 g/mol. The first-order valence-electron chi connectivity index (χ1n) is 6.44. The number of hydrogen-bond acceptors (Lipinski definition) is 3. The highest BCUT2D eigenvalue weighted by atomic mass is 32.1. The smallest absolute Gasteiger partial charge is 0.407 e. The maximum absolute atomic E-state index is 11.3. The van der Waals surface area contributed by atoms with Gasteiger partial charge in [0.15, 0.2) is 0 Å². The van der Waals surface area contributed by atoms with Gasteiger partial charge in [-0.15, -0.1) is 0 Å². The van der Waals surface area contributed by atoms with Gasteiger partial charge >= 0.3 is 6.09 Å². The third-order valence-corrected chi connectivity index (χ3v) is 4.11. The van der Waals surface area contributed by atoms with Crippen molar-refractivity contribution in [2.24, 2.45) is 0 Å². The summed E-state index contributed by atoms with van der Waals surface area (Å²) in [6.07, 6.45) is 0.751. The lowest BCUT2D eigenvalue weighted by atomic mass is 10.00. The number of rotatable bonds is 0. The Bertz CT molecular complexity index is 554. The van der Waals surface area contributed by atoms with Crippen LogP contribution in [0.1, 0.15) is 30.3 Å². The number of nitrogens with zero attached hydrogens (tertiary/aromatic N) is 3. The summed E-state index contributed by atoms with van der Waals surface area (Å²) < 4.78 is 1.94. The Balaban J connectivity index is 2.05. The van der Waals surface area contributed by atoms with Gasteiger partial charge in [-0.3, -0.25) is 4.68 Å². The average Bonchev–Trinajstić information content (AvgIpc) is 2.60. The summed E-state index contributed by atoms with van der Waals surface area (Å²) in [6, 6.07) is -0.0364. The molecule has 3 rings (SSSR count). The van der Waals surface area contributed by atoms with E-state index in [9.17, 15) is 9.90 Å². The summed E-state index contributed by atoms with van der Waals surface area (Å²) >= 11 is 5.38. The first-order valence-corrected chi connectivity index (χ1v) is 6.85. The third kappa shape index (κ3) is 1.98. The number of aromatic nitrogens is 2. The van der Waals surface area contributed by atoms with Gasteiger partial charge in [0.25, 0.3) is 0 Å². The number of thiocarbonyl (C=S) groups is 1. The van der Waals surface area contributed by atoms with Crippen molar-refractivity contribution in [1.29, 1.82) is 0 Å². The number of hydrogen-bond donors (Lipinski definition) is 2. The number of aryl methyl sites for hydroxylation is 1. The van der Waals surface area contributed by atoms with Gasteiger partial charge < -0.3 is 15.3 Å². The van der Waals surface area contributed by atoms with Crippen molar-refractivity contribution in [3.05, 3.63) is 17.0 Å². The first-order chi connectivity index (χ1) is 9.08. The van der Waals surface area contributed by atoms with Crippen LogP contribution in [0.4, 0.5) is 4.79 Å². The van der Waals surface area contributed by atoms with Crippen LogP contribution >= 0.6 is 12.2 Å². The highest BCUT2D eigenvalue weighted by Crippen LogP contribution is 2.27. The maximum Gasteiger partial charge on any atom is 0.407 e. The van der Waals surface area contributed by atoms with Gasteiger partial charge in [-0.05, 0) is 13.3 Å². The number of nitrogens with one attached hydrogen (secondary N) is 1. The lowest BCUT2D eigenvalue weighted by Gasteiger charge is -2.30. The van der Waals surface area contributed by atoms with Crippen LogP contribution in [0.25, 0.3) is 0 Å². The van der Waals surface area contributed by atoms with Crippen LogP contribution in [0.15, 0.2) is 0 Å². The molecule has 19 heavy (non-hydrogen) atoms. The Morgan fingerprint density at radius 1 is 1.58 bits per heavy atom. The molecule has 1 unspecified atom stereocenters. The molecule has 2 aliphatic rings. The van der Waals surface area contributed by atoms with E-state index in [0.717, 1.165) is 36.5 Å². The number of carbonyl (C=O) groups is 1. The van der Waals surface area contributed by atoms with Gasteiger partial charge in [0.1, 0.15) is 10.7 Å². The van der Waals surface area contributed by atoms with Crippen LogP contribution in [0.3, 0.4) is 0 Å². The molecule has 6 nitrogen and oxygen atoms in total. The van der Waals surface area contributed by atoms with E-state index in [-0.39, 0.29) is 6.04 Å². The standard InChI is InChI=1S/C12H16N4O2S/c1-7-5-9-8(6-15(7)12(17)18)10-11(19)13-3-2-4-16(10)14-9/h7H,2-6H2,1H3,(H,13,19)(H,17,18). The fraction of sp³-hybridized carbons (Fsp3) is 0.583. The second kappa shape index (κ2) is 4.48. The van der Waals surface area contributed by atoms with Crippen LogP contribution in [-0.2, 0) is 19.5 Å². The van der Waals surface area contributed by atoms with Crippen molar-refractivity contribution < 1.29 is 9.90 Å². The topological polar surface area (TPSA) is 70.4 Å². The molecule has 0 aliphatic carbocycles. The van der Waals surface area contributed by atoms with E-state index in [2.05, 4.69) is 10.4 Å². The van der Waals surface area contributed by atoms with E-state index in [1.807, 2.05) is 11.6 Å². The second-order valence-corrected chi connectivity index (χ2v) is 5.48. The van der Waals surface area contributed by atoms with E-state index < -0.39 is 6.09 Å². The largest absolute Gasteiger partial charge is 0.465 e. The van der Waals surface area contributed by atoms with Gasteiger partial charge in [0.05, 0.1) is 12.2 Å². The van der Waals surface area contributed by atoms with Crippen LogP contribution in [-0.4, -0.2) is 43.5 Å². The molecule has 1 amide bonds. The summed E-state index contributed by atoms with van der Waals surface area (Å²) in [5.74, 6) is 0. The molecule has 0 saturated heterocycles.